The van der Waals surface area contributed by atoms with Gasteiger partial charge < -0.3 is 39.6 Å². The van der Waals surface area contributed by atoms with E-state index >= 15 is 0 Å². The summed E-state index contributed by atoms with van der Waals surface area (Å²) in [5, 5.41) is 35.6. The fraction of sp³-hybridized carbons (Fsp3) is 0.500. The average molecular weight is 406 g/mol. The predicted molar refractivity (Wildman–Crippen MR) is 42.7 cm³/mol. The molecular weight excluding hydrogens is 394 g/mol. The quantitative estimate of drug-likeness (QED) is 0.362. The molecule has 0 aromatic heterocycles. The zero-order valence-corrected chi connectivity index (χ0v) is 12.4. The van der Waals surface area contributed by atoms with Crippen LogP contribution in [0.25, 0.3) is 0 Å². The Balaban J connectivity index is -0.0000000257. The summed E-state index contributed by atoms with van der Waals surface area (Å²) in [4.78, 5) is 35.6. The Morgan fingerprint density at radius 2 is 0.556 bits per heavy atom. The van der Waals surface area contributed by atoms with Crippen LogP contribution in [0.15, 0.2) is 0 Å². The summed E-state index contributed by atoms with van der Waals surface area (Å²) in [5.74, 6) is -4.33. The minimum absolute atomic E-state index is 0. The molecule has 0 rings (SSSR count). The van der Waals surface area contributed by atoms with Crippen molar-refractivity contribution in [3.05, 3.63) is 0 Å². The number of rotatable bonds is 0. The van der Waals surface area contributed by atoms with Crippen LogP contribution in [0.4, 0.5) is 0 Å². The SMILES string of the molecule is CC(=O)[O-].CC(=O)[O-].CC(=O)[O-].CC(=O)[O-].[Cu+2].[Pd+2]. The first-order chi connectivity index (χ1) is 6.93. The molecule has 0 spiro atoms. The van der Waals surface area contributed by atoms with Gasteiger partial charge in [0.05, 0.1) is 0 Å². The molecule has 0 saturated heterocycles. The van der Waals surface area contributed by atoms with Crippen molar-refractivity contribution in [3.63, 3.8) is 0 Å². The zero-order valence-electron chi connectivity index (χ0n) is 9.88. The van der Waals surface area contributed by atoms with Gasteiger partial charge in [-0.25, -0.2) is 0 Å². The Bertz CT molecular complexity index is 167. The van der Waals surface area contributed by atoms with E-state index in [1.54, 1.807) is 0 Å². The normalized spacial score (nSPS) is 5.56. The first-order valence-electron chi connectivity index (χ1n) is 3.63. The van der Waals surface area contributed by atoms with Gasteiger partial charge >= 0.3 is 37.5 Å². The molecule has 113 valence electrons. The van der Waals surface area contributed by atoms with E-state index in [9.17, 15) is 0 Å². The largest absolute Gasteiger partial charge is 2.00 e. The molecule has 0 aliphatic rings. The van der Waals surface area contributed by atoms with Gasteiger partial charge in [-0.2, -0.15) is 0 Å². The van der Waals surface area contributed by atoms with Gasteiger partial charge in [-0.05, 0) is 27.7 Å². The van der Waals surface area contributed by atoms with Crippen molar-refractivity contribution in [3.8, 4) is 0 Å². The molecule has 18 heavy (non-hydrogen) atoms. The number of hydrogen-bond donors (Lipinski definition) is 0. The molecule has 10 heteroatoms. The van der Waals surface area contributed by atoms with Crippen LogP contribution >= 0.6 is 0 Å². The predicted octanol–water partition coefficient (Wildman–Crippen LogP) is -4.98. The maximum atomic E-state index is 8.89. The third-order valence-corrected chi connectivity index (χ3v) is 0. The topological polar surface area (TPSA) is 161 Å². The van der Waals surface area contributed by atoms with E-state index in [4.69, 9.17) is 39.6 Å². The van der Waals surface area contributed by atoms with E-state index in [-0.39, 0.29) is 37.5 Å². The Labute approximate surface area is 129 Å². The van der Waals surface area contributed by atoms with E-state index in [1.165, 1.54) is 0 Å². The molecule has 8 nitrogen and oxygen atoms in total. The van der Waals surface area contributed by atoms with Gasteiger partial charge in [0, 0.05) is 23.9 Å². The van der Waals surface area contributed by atoms with Gasteiger partial charge in [0.1, 0.15) is 0 Å². The smallest absolute Gasteiger partial charge is 0.550 e. The fourth-order valence-corrected chi connectivity index (χ4v) is 0. The maximum Gasteiger partial charge on any atom is 2.00 e. The van der Waals surface area contributed by atoms with Crippen LogP contribution in [0.3, 0.4) is 0 Å². The van der Waals surface area contributed by atoms with Gasteiger partial charge in [-0.3, -0.25) is 0 Å². The molecule has 0 N–H and O–H groups in total. The van der Waals surface area contributed by atoms with Gasteiger partial charge in [0.25, 0.3) is 0 Å². The van der Waals surface area contributed by atoms with Crippen molar-refractivity contribution in [2.24, 2.45) is 0 Å². The van der Waals surface area contributed by atoms with Crippen molar-refractivity contribution in [2.45, 2.75) is 27.7 Å². The Morgan fingerprint density at radius 1 is 0.556 bits per heavy atom. The summed E-state index contributed by atoms with van der Waals surface area (Å²) in [6.07, 6.45) is 0. The first kappa shape index (κ1) is 36.0. The van der Waals surface area contributed by atoms with Crippen molar-refractivity contribution < 1.29 is 77.1 Å². The van der Waals surface area contributed by atoms with Crippen LogP contribution in [-0.2, 0) is 56.7 Å². The summed E-state index contributed by atoms with van der Waals surface area (Å²) in [5.41, 5.74) is 0. The van der Waals surface area contributed by atoms with Crippen LogP contribution < -0.4 is 20.4 Å². The van der Waals surface area contributed by atoms with Crippen LogP contribution in [0.2, 0.25) is 0 Å². The van der Waals surface area contributed by atoms with Crippen LogP contribution in [0.1, 0.15) is 27.7 Å². The second kappa shape index (κ2) is 29.8. The number of carboxylic acids is 4. The molecule has 0 aromatic rings. The molecule has 0 fully saturated rings. The standard InChI is InChI=1S/4C2H4O2.Cu.Pd/c4*1-2(3)4;;/h4*1H3,(H,3,4);;/q;;;;2*+2/p-4. The van der Waals surface area contributed by atoms with Crippen LogP contribution in [-0.4, -0.2) is 23.9 Å². The Kier molecular flexibility index (Phi) is 59.5. The molecule has 0 bridgehead atoms. The minimum atomic E-state index is -1.08. The second-order valence-electron chi connectivity index (χ2n) is 1.97. The Morgan fingerprint density at radius 3 is 0.556 bits per heavy atom. The fourth-order valence-electron chi connectivity index (χ4n) is 0. The summed E-state index contributed by atoms with van der Waals surface area (Å²) in [6.45, 7) is 3.89. The maximum absolute atomic E-state index is 8.89. The zero-order chi connectivity index (χ0) is 14.3. The average Bonchev–Trinajstić information content (AvgIpc) is 1.76. The molecule has 0 amide bonds. The molecule has 0 aliphatic heterocycles. The van der Waals surface area contributed by atoms with Crippen LogP contribution in [0.5, 0.6) is 0 Å². The van der Waals surface area contributed by atoms with E-state index < -0.39 is 23.9 Å². The third-order valence-electron chi connectivity index (χ3n) is 0. The van der Waals surface area contributed by atoms with Gasteiger partial charge in [-0.15, -0.1) is 0 Å². The minimum Gasteiger partial charge on any atom is -0.550 e. The molecule has 0 heterocycles. The van der Waals surface area contributed by atoms with E-state index in [1.807, 2.05) is 0 Å². The number of hydrogen-bond acceptors (Lipinski definition) is 8. The van der Waals surface area contributed by atoms with Crippen molar-refractivity contribution >= 4 is 23.9 Å². The summed E-state index contributed by atoms with van der Waals surface area (Å²) >= 11 is 0. The van der Waals surface area contributed by atoms with Gasteiger partial charge in [0.15, 0.2) is 0 Å². The molecule has 0 saturated carbocycles. The molecular formula is C8H12CuO8Pd. The molecule has 0 unspecified atom stereocenters. The van der Waals surface area contributed by atoms with Gasteiger partial charge in [-0.1, -0.05) is 0 Å². The number of carboxylic acid groups (broad SMARTS) is 4. The monoisotopic (exact) mass is 405 g/mol. The van der Waals surface area contributed by atoms with Crippen molar-refractivity contribution in [2.75, 3.05) is 0 Å². The summed E-state index contributed by atoms with van der Waals surface area (Å²) < 4.78 is 0. The second-order valence-corrected chi connectivity index (χ2v) is 1.97. The molecule has 0 aromatic carbocycles. The van der Waals surface area contributed by atoms with E-state index in [0.717, 1.165) is 27.7 Å². The van der Waals surface area contributed by atoms with Gasteiger partial charge in [0.2, 0.25) is 0 Å². The van der Waals surface area contributed by atoms with Crippen LogP contribution in [0, 0.1) is 0 Å². The summed E-state index contributed by atoms with van der Waals surface area (Å²) in [7, 11) is 0. The third kappa shape index (κ3) is 3380. The van der Waals surface area contributed by atoms with Crippen molar-refractivity contribution in [1.82, 2.24) is 0 Å². The summed E-state index contributed by atoms with van der Waals surface area (Å²) in [6, 6.07) is 0. The molecule has 0 aliphatic carbocycles. The number of carbonyl (C=O) groups excluding carboxylic acids is 4. The van der Waals surface area contributed by atoms with Crippen molar-refractivity contribution in [1.29, 1.82) is 0 Å². The van der Waals surface area contributed by atoms with E-state index in [0.29, 0.717) is 0 Å². The Hall–Kier alpha value is -0.938. The first-order valence-corrected chi connectivity index (χ1v) is 3.63. The molecule has 1 radical (unpaired) electrons. The van der Waals surface area contributed by atoms with E-state index in [2.05, 4.69) is 0 Å². The molecule has 0 atom stereocenters. The number of carbonyl (C=O) groups is 4. The number of aliphatic carboxylic acids is 4.